The average molecular weight is 291 g/mol. The van der Waals surface area contributed by atoms with Crippen LogP contribution in [0.3, 0.4) is 0 Å². The molecule has 2 heterocycles. The van der Waals surface area contributed by atoms with Gasteiger partial charge in [0.2, 0.25) is 0 Å². The van der Waals surface area contributed by atoms with Gasteiger partial charge in [-0.1, -0.05) is 0 Å². The monoisotopic (exact) mass is 291 g/mol. The Morgan fingerprint density at radius 3 is 2.95 bits per heavy atom. The molecule has 1 aliphatic rings. The van der Waals surface area contributed by atoms with Gasteiger partial charge in [-0.05, 0) is 33.4 Å². The molecule has 5 heteroatoms. The predicted octanol–water partition coefficient (Wildman–Crippen LogP) is 1.11. The molecule has 1 saturated heterocycles. The smallest absolute Gasteiger partial charge is 0.152 e. The predicted molar refractivity (Wildman–Crippen MR) is 82.9 cm³/mol. The van der Waals surface area contributed by atoms with Crippen molar-refractivity contribution in [3.63, 3.8) is 0 Å². The molecule has 21 heavy (non-hydrogen) atoms. The van der Waals surface area contributed by atoms with Crippen LogP contribution < -0.4 is 10.1 Å². The lowest BCUT2D eigenvalue weighted by molar-refractivity contribution is -0.119. The molecule has 1 aromatic heterocycles. The molecule has 0 atom stereocenters. The summed E-state index contributed by atoms with van der Waals surface area (Å²) in [7, 11) is 1.66. The van der Waals surface area contributed by atoms with E-state index in [1.165, 1.54) is 0 Å². The number of rotatable bonds is 5. The van der Waals surface area contributed by atoms with E-state index in [2.05, 4.69) is 15.2 Å². The molecular weight excluding hydrogens is 266 g/mol. The summed E-state index contributed by atoms with van der Waals surface area (Å²) >= 11 is 0. The van der Waals surface area contributed by atoms with E-state index in [1.54, 1.807) is 13.3 Å². The van der Waals surface area contributed by atoms with Gasteiger partial charge in [0.1, 0.15) is 5.75 Å². The van der Waals surface area contributed by atoms with Crippen molar-refractivity contribution in [3.8, 4) is 5.75 Å². The molecule has 1 aliphatic heterocycles. The summed E-state index contributed by atoms with van der Waals surface area (Å²) in [4.78, 5) is 18.9. The Morgan fingerprint density at radius 1 is 1.38 bits per heavy atom. The van der Waals surface area contributed by atoms with Crippen LogP contribution in [0.1, 0.15) is 23.2 Å². The first kappa shape index (κ1) is 15.9. The molecule has 0 aromatic carbocycles. The molecule has 0 saturated carbocycles. The molecule has 1 N–H and O–H groups in total. The molecule has 116 valence electrons. The van der Waals surface area contributed by atoms with Crippen LogP contribution in [0.2, 0.25) is 0 Å². The van der Waals surface area contributed by atoms with Crippen molar-refractivity contribution in [2.75, 3.05) is 39.8 Å². The maximum atomic E-state index is 12.3. The van der Waals surface area contributed by atoms with Crippen LogP contribution in [-0.4, -0.2) is 55.5 Å². The summed E-state index contributed by atoms with van der Waals surface area (Å²) in [6, 6.07) is 0. The number of hydrogen-bond donors (Lipinski definition) is 1. The lowest BCUT2D eigenvalue weighted by Crippen LogP contribution is -2.33. The third-order valence-electron chi connectivity index (χ3n) is 3.95. The van der Waals surface area contributed by atoms with Gasteiger partial charge in [0.05, 0.1) is 25.8 Å². The van der Waals surface area contributed by atoms with E-state index in [0.717, 1.165) is 55.2 Å². The first-order valence-corrected chi connectivity index (χ1v) is 7.55. The van der Waals surface area contributed by atoms with E-state index in [0.29, 0.717) is 13.0 Å². The number of methoxy groups -OCH3 is 1. The molecule has 1 aromatic rings. The van der Waals surface area contributed by atoms with Crippen molar-refractivity contribution in [1.82, 2.24) is 15.2 Å². The molecule has 0 aliphatic carbocycles. The van der Waals surface area contributed by atoms with Gasteiger partial charge < -0.3 is 10.1 Å². The third-order valence-corrected chi connectivity index (χ3v) is 3.95. The second-order valence-corrected chi connectivity index (χ2v) is 5.64. The number of pyridine rings is 1. The second kappa shape index (κ2) is 7.52. The largest absolute Gasteiger partial charge is 0.496 e. The van der Waals surface area contributed by atoms with Crippen molar-refractivity contribution >= 4 is 5.78 Å². The summed E-state index contributed by atoms with van der Waals surface area (Å²) < 4.78 is 5.39. The first-order chi connectivity index (χ1) is 10.1. The van der Waals surface area contributed by atoms with Crippen molar-refractivity contribution in [2.45, 2.75) is 26.7 Å². The van der Waals surface area contributed by atoms with E-state index in [9.17, 15) is 4.79 Å². The fourth-order valence-electron chi connectivity index (χ4n) is 2.80. The number of aryl methyl sites for hydroxylation is 1. The summed E-state index contributed by atoms with van der Waals surface area (Å²) in [5, 5.41) is 3.35. The molecule has 0 bridgehead atoms. The molecule has 0 amide bonds. The second-order valence-electron chi connectivity index (χ2n) is 5.64. The quantitative estimate of drug-likeness (QED) is 0.881. The van der Waals surface area contributed by atoms with Crippen molar-refractivity contribution < 1.29 is 9.53 Å². The number of carbonyl (C=O) groups excluding carboxylic acids is 1. The van der Waals surface area contributed by atoms with Crippen molar-refractivity contribution in [1.29, 1.82) is 0 Å². The van der Waals surface area contributed by atoms with Crippen LogP contribution in [0.25, 0.3) is 0 Å². The SMILES string of the molecule is COc1c(C)cnc(CC(=O)CN2CCCNCC2)c1C. The summed E-state index contributed by atoms with van der Waals surface area (Å²) in [5.74, 6) is 1.06. The van der Waals surface area contributed by atoms with E-state index in [4.69, 9.17) is 4.74 Å². The van der Waals surface area contributed by atoms with Crippen LogP contribution in [-0.2, 0) is 11.2 Å². The number of nitrogens with one attached hydrogen (secondary N) is 1. The van der Waals surface area contributed by atoms with Crippen LogP contribution in [0.4, 0.5) is 0 Å². The summed E-state index contributed by atoms with van der Waals surface area (Å²) in [6.07, 6.45) is 3.26. The molecule has 0 spiro atoms. The Kier molecular flexibility index (Phi) is 5.70. The zero-order valence-electron chi connectivity index (χ0n) is 13.2. The molecular formula is C16H25N3O2. The highest BCUT2D eigenvalue weighted by atomic mass is 16.5. The highest BCUT2D eigenvalue weighted by Crippen LogP contribution is 2.24. The Labute approximate surface area is 126 Å². The van der Waals surface area contributed by atoms with Gasteiger partial charge >= 0.3 is 0 Å². The number of ketones is 1. The van der Waals surface area contributed by atoms with Crippen molar-refractivity contribution in [2.24, 2.45) is 0 Å². The van der Waals surface area contributed by atoms with Crippen LogP contribution in [0.15, 0.2) is 6.20 Å². The van der Waals surface area contributed by atoms with Crippen LogP contribution >= 0.6 is 0 Å². The molecule has 1 fully saturated rings. The van der Waals surface area contributed by atoms with Gasteiger partial charge in [-0.2, -0.15) is 0 Å². The highest BCUT2D eigenvalue weighted by Gasteiger charge is 2.16. The van der Waals surface area contributed by atoms with Gasteiger partial charge in [0.15, 0.2) is 5.78 Å². The molecule has 5 nitrogen and oxygen atoms in total. The van der Waals surface area contributed by atoms with E-state index in [-0.39, 0.29) is 5.78 Å². The van der Waals surface area contributed by atoms with E-state index in [1.807, 2.05) is 13.8 Å². The van der Waals surface area contributed by atoms with Crippen LogP contribution in [0, 0.1) is 13.8 Å². The van der Waals surface area contributed by atoms with E-state index >= 15 is 0 Å². The van der Waals surface area contributed by atoms with Crippen LogP contribution in [0.5, 0.6) is 5.75 Å². The fraction of sp³-hybridized carbons (Fsp3) is 0.625. The number of carbonyl (C=O) groups is 1. The van der Waals surface area contributed by atoms with Crippen molar-refractivity contribution in [3.05, 3.63) is 23.0 Å². The number of hydrogen-bond acceptors (Lipinski definition) is 5. The van der Waals surface area contributed by atoms with Gasteiger partial charge in [-0.25, -0.2) is 0 Å². The number of ether oxygens (including phenoxy) is 1. The summed E-state index contributed by atoms with van der Waals surface area (Å²) in [5.41, 5.74) is 2.81. The summed E-state index contributed by atoms with van der Waals surface area (Å²) in [6.45, 7) is 8.38. The van der Waals surface area contributed by atoms with Gasteiger partial charge in [-0.3, -0.25) is 14.7 Å². The fourth-order valence-corrected chi connectivity index (χ4v) is 2.80. The third kappa shape index (κ3) is 4.25. The molecule has 2 rings (SSSR count). The highest BCUT2D eigenvalue weighted by molar-refractivity contribution is 5.82. The minimum absolute atomic E-state index is 0.221. The minimum Gasteiger partial charge on any atom is -0.496 e. The Morgan fingerprint density at radius 2 is 2.19 bits per heavy atom. The Hall–Kier alpha value is -1.46. The van der Waals surface area contributed by atoms with Gasteiger partial charge in [0.25, 0.3) is 0 Å². The standard InChI is InChI=1S/C16H25N3O2/c1-12-10-18-15(13(2)16(12)21-3)9-14(20)11-19-7-4-5-17-6-8-19/h10,17H,4-9,11H2,1-3H3. The molecule has 0 unspecified atom stereocenters. The Bertz CT molecular complexity index is 495. The molecule has 0 radical (unpaired) electrons. The zero-order valence-corrected chi connectivity index (χ0v) is 13.2. The Balaban J connectivity index is 1.99. The average Bonchev–Trinajstić information content (AvgIpc) is 2.71. The normalized spacial score (nSPS) is 16.5. The zero-order chi connectivity index (χ0) is 15.2. The van der Waals surface area contributed by atoms with E-state index < -0.39 is 0 Å². The lowest BCUT2D eigenvalue weighted by Gasteiger charge is -2.18. The van der Waals surface area contributed by atoms with Gasteiger partial charge in [-0.15, -0.1) is 0 Å². The number of aromatic nitrogens is 1. The maximum Gasteiger partial charge on any atom is 0.152 e. The number of Topliss-reactive ketones (excluding diaryl/α,β-unsaturated/α-hetero) is 1. The minimum atomic E-state index is 0.221. The first-order valence-electron chi connectivity index (χ1n) is 7.55. The topological polar surface area (TPSA) is 54.5 Å². The lowest BCUT2D eigenvalue weighted by atomic mass is 10.1. The van der Waals surface area contributed by atoms with Gasteiger partial charge in [0, 0.05) is 30.4 Å². The number of nitrogens with zero attached hydrogens (tertiary/aromatic N) is 2. The maximum absolute atomic E-state index is 12.3.